The van der Waals surface area contributed by atoms with Crippen molar-refractivity contribution in [1.29, 1.82) is 0 Å². The van der Waals surface area contributed by atoms with Gasteiger partial charge >= 0.3 is 0 Å². The molecule has 1 fully saturated rings. The maximum atomic E-state index is 13.3. The summed E-state index contributed by atoms with van der Waals surface area (Å²) >= 11 is 0. The van der Waals surface area contributed by atoms with Crippen LogP contribution in [0.15, 0.2) is 36.4 Å². The zero-order valence-electron chi connectivity index (χ0n) is 18.0. The lowest BCUT2D eigenvalue weighted by Crippen LogP contribution is -2.27. The molecule has 5 nitrogen and oxygen atoms in total. The first-order valence-electron chi connectivity index (χ1n) is 10.7. The van der Waals surface area contributed by atoms with Gasteiger partial charge in [0.2, 0.25) is 12.7 Å². The Morgan fingerprint density at radius 1 is 1.10 bits per heavy atom. The van der Waals surface area contributed by atoms with Gasteiger partial charge in [0.1, 0.15) is 0 Å². The highest BCUT2D eigenvalue weighted by Gasteiger charge is 2.51. The topological polar surface area (TPSA) is 63.4 Å². The molecule has 5 rings (SSSR count). The van der Waals surface area contributed by atoms with Gasteiger partial charge in [-0.15, -0.1) is 0 Å². The minimum atomic E-state index is -0.475. The molecule has 0 bridgehead atoms. The third kappa shape index (κ3) is 3.04. The second-order valence-electron chi connectivity index (χ2n) is 9.49. The second kappa shape index (κ2) is 6.53. The van der Waals surface area contributed by atoms with E-state index in [-0.39, 0.29) is 18.1 Å². The summed E-state index contributed by atoms with van der Waals surface area (Å²) in [7, 11) is 0. The first-order valence-corrected chi connectivity index (χ1v) is 10.7. The Morgan fingerprint density at radius 2 is 1.87 bits per heavy atom. The molecule has 2 N–H and O–H groups in total. The summed E-state index contributed by atoms with van der Waals surface area (Å²) in [5.41, 5.74) is 5.01. The molecular weight excluding hydrogens is 376 g/mol. The number of ether oxygens (including phenoxy) is 2. The van der Waals surface area contributed by atoms with Gasteiger partial charge in [0.25, 0.3) is 0 Å². The number of carbonyl (C=O) groups is 1. The molecule has 30 heavy (non-hydrogen) atoms. The Kier molecular flexibility index (Phi) is 4.14. The summed E-state index contributed by atoms with van der Waals surface area (Å²) in [5, 5.41) is 4.34. The number of fused-ring (bicyclic) bond motifs is 2. The molecule has 1 saturated carbocycles. The first-order chi connectivity index (χ1) is 14.3. The summed E-state index contributed by atoms with van der Waals surface area (Å²) in [6.07, 6.45) is 2.59. The Hall–Kier alpha value is -2.95. The third-order valence-corrected chi connectivity index (χ3v) is 6.37. The normalized spacial score (nSPS) is 16.7. The summed E-state index contributed by atoms with van der Waals surface area (Å²) in [5.74, 6) is 1.52. The quantitative estimate of drug-likeness (QED) is 0.610. The molecule has 5 heteroatoms. The van der Waals surface area contributed by atoms with Gasteiger partial charge in [-0.3, -0.25) is 4.79 Å². The smallest absolute Gasteiger partial charge is 0.235 e. The minimum absolute atomic E-state index is 0.0465. The van der Waals surface area contributed by atoms with Gasteiger partial charge in [0, 0.05) is 27.7 Å². The van der Waals surface area contributed by atoms with Crippen LogP contribution >= 0.6 is 0 Å². The average Bonchev–Trinajstić information content (AvgIpc) is 3.18. The average molecular weight is 405 g/mol. The number of benzene rings is 2. The number of rotatable bonds is 4. The van der Waals surface area contributed by atoms with Crippen molar-refractivity contribution in [2.75, 3.05) is 12.1 Å². The Labute approximate surface area is 176 Å². The lowest BCUT2D eigenvalue weighted by atomic mass is 9.92. The van der Waals surface area contributed by atoms with Crippen LogP contribution in [0.4, 0.5) is 5.69 Å². The molecule has 1 aromatic heterocycles. The number of anilines is 1. The molecule has 0 radical (unpaired) electrons. The van der Waals surface area contributed by atoms with Gasteiger partial charge in [0.15, 0.2) is 11.5 Å². The number of H-pyrrole nitrogens is 1. The van der Waals surface area contributed by atoms with E-state index in [0.717, 1.165) is 52.9 Å². The molecule has 2 heterocycles. The van der Waals surface area contributed by atoms with Crippen molar-refractivity contribution in [2.24, 2.45) is 0 Å². The molecule has 0 atom stereocenters. The van der Waals surface area contributed by atoms with E-state index in [9.17, 15) is 4.79 Å². The minimum Gasteiger partial charge on any atom is -0.454 e. The Bertz CT molecular complexity index is 1150. The molecule has 1 aliphatic heterocycles. The number of aromatic nitrogens is 1. The molecule has 0 spiro atoms. The third-order valence-electron chi connectivity index (χ3n) is 6.37. The predicted molar refractivity (Wildman–Crippen MR) is 118 cm³/mol. The van der Waals surface area contributed by atoms with Crippen molar-refractivity contribution < 1.29 is 14.3 Å². The van der Waals surface area contributed by atoms with E-state index < -0.39 is 5.41 Å². The van der Waals surface area contributed by atoms with Gasteiger partial charge < -0.3 is 19.8 Å². The molecule has 0 unspecified atom stereocenters. The summed E-state index contributed by atoms with van der Waals surface area (Å²) in [4.78, 5) is 16.9. The largest absolute Gasteiger partial charge is 0.454 e. The van der Waals surface area contributed by atoms with E-state index in [2.05, 4.69) is 56.2 Å². The number of aryl methyl sites for hydroxylation is 1. The maximum Gasteiger partial charge on any atom is 0.235 e. The number of hydrogen-bond donors (Lipinski definition) is 2. The summed E-state index contributed by atoms with van der Waals surface area (Å²) < 4.78 is 10.9. The molecule has 156 valence electrons. The molecule has 2 aromatic carbocycles. The van der Waals surface area contributed by atoms with E-state index in [1.807, 2.05) is 18.2 Å². The SMILES string of the molecule is CCc1cc(NC(=O)C2(c3ccc4c(c3)OCO4)CC2)cc2cc(C(C)(C)C)[nH]c12. The van der Waals surface area contributed by atoms with Gasteiger partial charge in [-0.1, -0.05) is 33.8 Å². The first kappa shape index (κ1) is 19.0. The van der Waals surface area contributed by atoms with Crippen LogP contribution in [0.5, 0.6) is 11.5 Å². The fourth-order valence-electron chi connectivity index (χ4n) is 4.29. The fourth-order valence-corrected chi connectivity index (χ4v) is 4.29. The second-order valence-corrected chi connectivity index (χ2v) is 9.49. The van der Waals surface area contributed by atoms with Crippen molar-refractivity contribution >= 4 is 22.5 Å². The fraction of sp³-hybridized carbons (Fsp3) is 0.400. The molecule has 0 saturated heterocycles. The molecule has 1 amide bonds. The molecule has 2 aliphatic rings. The van der Waals surface area contributed by atoms with Crippen molar-refractivity contribution in [3.8, 4) is 11.5 Å². The van der Waals surface area contributed by atoms with Crippen molar-refractivity contribution in [3.63, 3.8) is 0 Å². The zero-order chi connectivity index (χ0) is 21.1. The van der Waals surface area contributed by atoms with E-state index in [1.54, 1.807) is 0 Å². The lowest BCUT2D eigenvalue weighted by molar-refractivity contribution is -0.118. The number of amides is 1. The van der Waals surface area contributed by atoms with E-state index in [4.69, 9.17) is 9.47 Å². The van der Waals surface area contributed by atoms with Crippen LogP contribution in [-0.4, -0.2) is 17.7 Å². The highest BCUT2D eigenvalue weighted by molar-refractivity contribution is 6.03. The molecular formula is C25H28N2O3. The Morgan fingerprint density at radius 3 is 2.57 bits per heavy atom. The van der Waals surface area contributed by atoms with Gasteiger partial charge in [-0.05, 0) is 60.7 Å². The number of hydrogen-bond acceptors (Lipinski definition) is 3. The number of nitrogens with one attached hydrogen (secondary N) is 2. The van der Waals surface area contributed by atoms with Crippen LogP contribution in [0.1, 0.15) is 57.4 Å². The maximum absolute atomic E-state index is 13.3. The highest BCUT2D eigenvalue weighted by atomic mass is 16.7. The van der Waals surface area contributed by atoms with Gasteiger partial charge in [0.05, 0.1) is 5.41 Å². The van der Waals surface area contributed by atoms with Crippen LogP contribution < -0.4 is 14.8 Å². The lowest BCUT2D eigenvalue weighted by Gasteiger charge is -2.17. The van der Waals surface area contributed by atoms with Gasteiger partial charge in [-0.2, -0.15) is 0 Å². The standard InChI is InChI=1S/C25H28N2O3/c1-5-15-10-18(11-16-12-21(24(2,3)4)27-22(15)16)26-23(28)25(8-9-25)17-6-7-19-20(13-17)30-14-29-19/h6-7,10-13,27H,5,8-9,14H2,1-4H3,(H,26,28). The monoisotopic (exact) mass is 404 g/mol. The van der Waals surface area contributed by atoms with Crippen LogP contribution in [0.2, 0.25) is 0 Å². The predicted octanol–water partition coefficient (Wildman–Crippen LogP) is 5.43. The Balaban J connectivity index is 1.46. The molecule has 1 aliphatic carbocycles. The van der Waals surface area contributed by atoms with E-state index in [1.165, 1.54) is 11.3 Å². The van der Waals surface area contributed by atoms with Crippen LogP contribution in [-0.2, 0) is 22.0 Å². The number of carbonyl (C=O) groups excluding carboxylic acids is 1. The van der Waals surface area contributed by atoms with Crippen molar-refractivity contribution in [3.05, 3.63) is 53.2 Å². The van der Waals surface area contributed by atoms with Crippen molar-refractivity contribution in [1.82, 2.24) is 4.98 Å². The van der Waals surface area contributed by atoms with Crippen molar-refractivity contribution in [2.45, 2.75) is 57.8 Å². The zero-order valence-corrected chi connectivity index (χ0v) is 18.0. The van der Waals surface area contributed by atoms with Gasteiger partial charge in [-0.25, -0.2) is 0 Å². The van der Waals surface area contributed by atoms with Crippen LogP contribution in [0.25, 0.3) is 10.9 Å². The number of aromatic amines is 1. The summed E-state index contributed by atoms with van der Waals surface area (Å²) in [6.45, 7) is 8.99. The van der Waals surface area contributed by atoms with E-state index >= 15 is 0 Å². The summed E-state index contributed by atoms with van der Waals surface area (Å²) in [6, 6.07) is 12.2. The molecule has 3 aromatic rings. The van der Waals surface area contributed by atoms with Crippen LogP contribution in [0, 0.1) is 0 Å². The van der Waals surface area contributed by atoms with Crippen LogP contribution in [0.3, 0.4) is 0 Å². The highest BCUT2D eigenvalue weighted by Crippen LogP contribution is 2.51. The van der Waals surface area contributed by atoms with E-state index in [0.29, 0.717) is 0 Å².